The number of nitrogen functional groups attached to an aromatic ring is 1. The first-order chi connectivity index (χ1) is 11.9. The summed E-state index contributed by atoms with van der Waals surface area (Å²) >= 11 is 5.77. The first-order valence-electron chi connectivity index (χ1n) is 8.18. The summed E-state index contributed by atoms with van der Waals surface area (Å²) in [6.45, 7) is 2.06. The predicted molar refractivity (Wildman–Crippen MR) is 94.3 cm³/mol. The second-order valence-corrected chi connectivity index (χ2v) is 7.47. The van der Waals surface area contributed by atoms with Crippen LogP contribution < -0.4 is 16.4 Å². The Labute approximate surface area is 149 Å². The van der Waals surface area contributed by atoms with E-state index < -0.39 is 5.82 Å². The Morgan fingerprint density at radius 1 is 1.48 bits per heavy atom. The second kappa shape index (κ2) is 5.71. The molecule has 0 atom stereocenters. The zero-order valence-electron chi connectivity index (χ0n) is 13.8. The summed E-state index contributed by atoms with van der Waals surface area (Å²) in [4.78, 5) is 12.8. The molecule has 2 fully saturated rings. The Balaban J connectivity index is 1.58. The lowest BCUT2D eigenvalue weighted by molar-refractivity contribution is 0.0342. The van der Waals surface area contributed by atoms with Gasteiger partial charge in [0.25, 0.3) is 5.91 Å². The molecule has 1 aliphatic heterocycles. The molecule has 8 heteroatoms. The van der Waals surface area contributed by atoms with Gasteiger partial charge in [-0.25, -0.2) is 4.39 Å². The monoisotopic (exact) mass is 363 g/mol. The molecule has 4 rings (SSSR count). The molecule has 2 aliphatic rings. The van der Waals surface area contributed by atoms with E-state index in [0.717, 1.165) is 31.6 Å². The topological polar surface area (TPSA) is 85.0 Å². The molecule has 1 saturated carbocycles. The number of nitrogens with one attached hydrogen (secondary N) is 2. The number of hydrogen-bond acceptors (Lipinski definition) is 4. The average molecular weight is 364 g/mol. The summed E-state index contributed by atoms with van der Waals surface area (Å²) in [7, 11) is 1.73. The van der Waals surface area contributed by atoms with Gasteiger partial charge in [0, 0.05) is 31.7 Å². The number of nitrogens with zero attached hydrogens (tertiary/aromatic N) is 2. The van der Waals surface area contributed by atoms with Crippen LogP contribution in [0.15, 0.2) is 18.2 Å². The van der Waals surface area contributed by atoms with Gasteiger partial charge in [0.15, 0.2) is 0 Å². The molecule has 1 amide bonds. The highest BCUT2D eigenvalue weighted by Gasteiger charge is 2.50. The maximum atomic E-state index is 13.3. The molecule has 2 heterocycles. The minimum Gasteiger partial charge on any atom is -0.383 e. The van der Waals surface area contributed by atoms with Crippen LogP contribution in [0.25, 0.3) is 0 Å². The van der Waals surface area contributed by atoms with Crippen molar-refractivity contribution >= 4 is 29.0 Å². The van der Waals surface area contributed by atoms with Crippen molar-refractivity contribution in [3.63, 3.8) is 0 Å². The molecule has 1 aromatic carbocycles. The smallest absolute Gasteiger partial charge is 0.261 e. The van der Waals surface area contributed by atoms with Crippen molar-refractivity contribution in [3.8, 4) is 0 Å². The average Bonchev–Trinajstić information content (AvgIpc) is 2.76. The Hall–Kier alpha value is -2.12. The van der Waals surface area contributed by atoms with Crippen LogP contribution in [0, 0.1) is 11.2 Å². The zero-order chi connectivity index (χ0) is 17.8. The Morgan fingerprint density at radius 2 is 2.20 bits per heavy atom. The fourth-order valence-electron chi connectivity index (χ4n) is 3.79. The molecule has 4 N–H and O–H groups in total. The molecular formula is C17H19ClFN5O. The minimum absolute atomic E-state index is 0.0457. The number of halogens is 2. The van der Waals surface area contributed by atoms with E-state index in [1.54, 1.807) is 7.05 Å². The number of anilines is 2. The fourth-order valence-corrected chi connectivity index (χ4v) is 3.97. The number of benzene rings is 1. The highest BCUT2D eigenvalue weighted by molar-refractivity contribution is 6.31. The van der Waals surface area contributed by atoms with Gasteiger partial charge in [0.1, 0.15) is 17.2 Å². The Kier molecular flexibility index (Phi) is 3.73. The molecule has 1 spiro atoms. The standard InChI is InChI=1S/C17H19ClFN5O/c1-24-15(20)13(14(23-24)9-5-17(6-9)7-21-8-17)16(25)22-10-2-3-12(19)11(18)4-10/h2-4,9,21H,5-8,20H2,1H3,(H,22,25). The molecule has 132 valence electrons. The molecule has 1 aromatic heterocycles. The summed E-state index contributed by atoms with van der Waals surface area (Å²) in [6, 6.07) is 4.05. The van der Waals surface area contributed by atoms with Crippen molar-refractivity contribution in [3.05, 3.63) is 40.3 Å². The number of hydrogen-bond donors (Lipinski definition) is 3. The second-order valence-electron chi connectivity index (χ2n) is 7.06. The molecule has 6 nitrogen and oxygen atoms in total. The third-order valence-corrected chi connectivity index (χ3v) is 5.56. The van der Waals surface area contributed by atoms with Crippen LogP contribution in [0.2, 0.25) is 5.02 Å². The van der Waals surface area contributed by atoms with E-state index in [-0.39, 0.29) is 16.8 Å². The van der Waals surface area contributed by atoms with Crippen LogP contribution in [0.5, 0.6) is 0 Å². The fraction of sp³-hybridized carbons (Fsp3) is 0.412. The van der Waals surface area contributed by atoms with Gasteiger partial charge in [-0.1, -0.05) is 11.6 Å². The van der Waals surface area contributed by atoms with Crippen molar-refractivity contribution in [2.24, 2.45) is 12.5 Å². The van der Waals surface area contributed by atoms with Gasteiger partial charge in [0.2, 0.25) is 0 Å². The van der Waals surface area contributed by atoms with E-state index in [9.17, 15) is 9.18 Å². The lowest BCUT2D eigenvalue weighted by Crippen LogP contribution is -2.59. The van der Waals surface area contributed by atoms with Crippen LogP contribution >= 0.6 is 11.6 Å². The molecule has 0 radical (unpaired) electrons. The first kappa shape index (κ1) is 16.4. The van der Waals surface area contributed by atoms with Crippen LogP contribution in [0.1, 0.15) is 34.8 Å². The number of carbonyl (C=O) groups is 1. The third kappa shape index (κ3) is 2.67. The van der Waals surface area contributed by atoms with Gasteiger partial charge < -0.3 is 16.4 Å². The molecule has 2 aromatic rings. The van der Waals surface area contributed by atoms with Gasteiger partial charge in [0.05, 0.1) is 10.7 Å². The van der Waals surface area contributed by atoms with Gasteiger partial charge in [-0.15, -0.1) is 0 Å². The molecule has 1 saturated heterocycles. The number of carbonyl (C=O) groups excluding carboxylic acids is 1. The maximum absolute atomic E-state index is 13.3. The SMILES string of the molecule is Cn1nc(C2CC3(CNC3)C2)c(C(=O)Nc2ccc(F)c(Cl)c2)c1N. The third-order valence-electron chi connectivity index (χ3n) is 5.27. The lowest BCUT2D eigenvalue weighted by Gasteiger charge is -2.54. The van der Waals surface area contributed by atoms with Crippen LogP contribution in [-0.4, -0.2) is 28.8 Å². The maximum Gasteiger partial charge on any atom is 0.261 e. The van der Waals surface area contributed by atoms with E-state index in [2.05, 4.69) is 15.7 Å². The van der Waals surface area contributed by atoms with Crippen LogP contribution in [-0.2, 0) is 7.05 Å². The first-order valence-corrected chi connectivity index (χ1v) is 8.56. The van der Waals surface area contributed by atoms with Crippen molar-refractivity contribution in [1.82, 2.24) is 15.1 Å². The molecule has 1 aliphatic carbocycles. The largest absolute Gasteiger partial charge is 0.383 e. The van der Waals surface area contributed by atoms with Gasteiger partial charge in [-0.05, 0) is 36.5 Å². The summed E-state index contributed by atoms with van der Waals surface area (Å²) in [5, 5.41) is 10.5. The number of nitrogens with two attached hydrogens (primary N) is 1. The normalized spacial score (nSPS) is 18.7. The summed E-state index contributed by atoms with van der Waals surface area (Å²) in [6.07, 6.45) is 2.03. The number of rotatable bonds is 3. The number of aryl methyl sites for hydroxylation is 1. The van der Waals surface area contributed by atoms with Crippen LogP contribution in [0.3, 0.4) is 0 Å². The van der Waals surface area contributed by atoms with E-state index in [1.807, 2.05) is 0 Å². The van der Waals surface area contributed by atoms with Crippen molar-refractivity contribution < 1.29 is 9.18 Å². The van der Waals surface area contributed by atoms with E-state index in [1.165, 1.54) is 22.9 Å². The van der Waals surface area contributed by atoms with E-state index >= 15 is 0 Å². The quantitative estimate of drug-likeness (QED) is 0.782. The minimum atomic E-state index is -0.532. The number of aromatic nitrogens is 2. The molecule has 0 unspecified atom stereocenters. The van der Waals surface area contributed by atoms with Gasteiger partial charge in [-0.3, -0.25) is 9.48 Å². The van der Waals surface area contributed by atoms with Gasteiger partial charge >= 0.3 is 0 Å². The van der Waals surface area contributed by atoms with Crippen molar-refractivity contribution in [1.29, 1.82) is 0 Å². The summed E-state index contributed by atoms with van der Waals surface area (Å²) in [5.41, 5.74) is 8.01. The highest BCUT2D eigenvalue weighted by atomic mass is 35.5. The number of amides is 1. The summed E-state index contributed by atoms with van der Waals surface area (Å²) < 4.78 is 14.8. The Bertz CT molecular complexity index is 853. The van der Waals surface area contributed by atoms with Crippen molar-refractivity contribution in [2.75, 3.05) is 24.1 Å². The van der Waals surface area contributed by atoms with Crippen molar-refractivity contribution in [2.45, 2.75) is 18.8 Å². The Morgan fingerprint density at radius 3 is 2.80 bits per heavy atom. The molecule has 25 heavy (non-hydrogen) atoms. The van der Waals surface area contributed by atoms with Gasteiger partial charge in [-0.2, -0.15) is 5.10 Å². The zero-order valence-corrected chi connectivity index (χ0v) is 14.5. The molecule has 0 bridgehead atoms. The van der Waals surface area contributed by atoms with E-state index in [4.69, 9.17) is 17.3 Å². The van der Waals surface area contributed by atoms with Crippen LogP contribution in [0.4, 0.5) is 15.9 Å². The van der Waals surface area contributed by atoms with E-state index in [0.29, 0.717) is 22.5 Å². The molecular weight excluding hydrogens is 345 g/mol. The summed E-state index contributed by atoms with van der Waals surface area (Å²) in [5.74, 6) is -0.317. The predicted octanol–water partition coefficient (Wildman–Crippen LogP) is 2.51. The highest BCUT2D eigenvalue weighted by Crippen LogP contribution is 2.53. The lowest BCUT2D eigenvalue weighted by atomic mass is 9.57.